The lowest BCUT2D eigenvalue weighted by Crippen LogP contribution is -2.45. The molecule has 0 bridgehead atoms. The molecule has 0 aromatic heterocycles. The summed E-state index contributed by atoms with van der Waals surface area (Å²) in [6.07, 6.45) is 0.602. The van der Waals surface area contributed by atoms with E-state index >= 15 is 0 Å². The summed E-state index contributed by atoms with van der Waals surface area (Å²) in [5.41, 5.74) is 0.240. The molecular formula is C15H22N2O2. The van der Waals surface area contributed by atoms with E-state index in [0.29, 0.717) is 13.0 Å². The first-order valence-corrected chi connectivity index (χ1v) is 6.50. The summed E-state index contributed by atoms with van der Waals surface area (Å²) in [6, 6.07) is 9.87. The van der Waals surface area contributed by atoms with Crippen molar-refractivity contribution in [3.8, 4) is 11.8 Å². The fraction of sp³-hybridized carbons (Fsp3) is 0.533. The molecule has 0 amide bonds. The van der Waals surface area contributed by atoms with Crippen molar-refractivity contribution < 1.29 is 9.84 Å². The molecular weight excluding hydrogens is 240 g/mol. The molecule has 0 aliphatic carbocycles. The number of hydrogen-bond acceptors (Lipinski definition) is 4. The molecule has 1 aromatic rings. The first-order valence-electron chi connectivity index (χ1n) is 6.50. The van der Waals surface area contributed by atoms with Gasteiger partial charge in [0.05, 0.1) is 19.3 Å². The van der Waals surface area contributed by atoms with Gasteiger partial charge in [0.25, 0.3) is 0 Å². The van der Waals surface area contributed by atoms with Crippen molar-refractivity contribution >= 4 is 0 Å². The number of nitriles is 1. The van der Waals surface area contributed by atoms with Crippen LogP contribution in [0.15, 0.2) is 24.3 Å². The van der Waals surface area contributed by atoms with Crippen LogP contribution in [0.4, 0.5) is 0 Å². The highest BCUT2D eigenvalue weighted by Gasteiger charge is 2.24. The second-order valence-electron chi connectivity index (χ2n) is 5.15. The Morgan fingerprint density at radius 1 is 1.47 bits per heavy atom. The lowest BCUT2D eigenvalue weighted by molar-refractivity contribution is 0.257. The van der Waals surface area contributed by atoms with Gasteiger partial charge in [-0.15, -0.1) is 0 Å². The third-order valence-electron chi connectivity index (χ3n) is 2.81. The molecule has 2 N–H and O–H groups in total. The molecule has 4 heteroatoms. The maximum absolute atomic E-state index is 9.21. The molecule has 4 nitrogen and oxygen atoms in total. The minimum Gasteiger partial charge on any atom is -0.493 e. The summed E-state index contributed by atoms with van der Waals surface area (Å²) in [4.78, 5) is 0. The SMILES string of the molecule is CC(C)NC(C)(C#N)CCOc1cccc(CO)c1. The summed E-state index contributed by atoms with van der Waals surface area (Å²) in [5, 5.41) is 21.5. The van der Waals surface area contributed by atoms with Crippen molar-refractivity contribution in [3.05, 3.63) is 29.8 Å². The van der Waals surface area contributed by atoms with Crippen LogP contribution in [0.3, 0.4) is 0 Å². The van der Waals surface area contributed by atoms with E-state index in [1.807, 2.05) is 39.0 Å². The molecule has 1 aromatic carbocycles. The van der Waals surface area contributed by atoms with E-state index in [0.717, 1.165) is 11.3 Å². The Morgan fingerprint density at radius 2 is 2.21 bits per heavy atom. The predicted octanol–water partition coefficient (Wildman–Crippen LogP) is 2.23. The van der Waals surface area contributed by atoms with Crippen LogP contribution in [-0.4, -0.2) is 23.3 Å². The van der Waals surface area contributed by atoms with Gasteiger partial charge in [0.1, 0.15) is 11.3 Å². The molecule has 1 rings (SSSR count). The van der Waals surface area contributed by atoms with Crippen molar-refractivity contribution in [3.63, 3.8) is 0 Å². The van der Waals surface area contributed by atoms with Crippen molar-refractivity contribution in [2.24, 2.45) is 0 Å². The molecule has 1 unspecified atom stereocenters. The van der Waals surface area contributed by atoms with Gasteiger partial charge < -0.3 is 9.84 Å². The monoisotopic (exact) mass is 262 g/mol. The highest BCUT2D eigenvalue weighted by molar-refractivity contribution is 5.28. The van der Waals surface area contributed by atoms with Crippen LogP contribution in [0.5, 0.6) is 5.75 Å². The van der Waals surface area contributed by atoms with Crippen molar-refractivity contribution in [2.75, 3.05) is 6.61 Å². The summed E-state index contributed by atoms with van der Waals surface area (Å²) < 4.78 is 5.63. The molecule has 0 saturated heterocycles. The van der Waals surface area contributed by atoms with Gasteiger partial charge >= 0.3 is 0 Å². The summed E-state index contributed by atoms with van der Waals surface area (Å²) in [7, 11) is 0. The van der Waals surface area contributed by atoms with Crippen LogP contribution in [-0.2, 0) is 6.61 Å². The fourth-order valence-corrected chi connectivity index (χ4v) is 1.90. The number of ether oxygens (including phenoxy) is 1. The number of benzene rings is 1. The third-order valence-corrected chi connectivity index (χ3v) is 2.81. The highest BCUT2D eigenvalue weighted by atomic mass is 16.5. The minimum atomic E-state index is -0.581. The summed E-state index contributed by atoms with van der Waals surface area (Å²) in [6.45, 7) is 6.36. The Hall–Kier alpha value is -1.57. The van der Waals surface area contributed by atoms with Crippen LogP contribution in [0, 0.1) is 11.3 Å². The highest BCUT2D eigenvalue weighted by Crippen LogP contribution is 2.16. The number of rotatable bonds is 7. The van der Waals surface area contributed by atoms with Crippen molar-refractivity contribution in [2.45, 2.75) is 45.4 Å². The number of aliphatic hydroxyl groups excluding tert-OH is 1. The van der Waals surface area contributed by atoms with E-state index < -0.39 is 5.54 Å². The van der Waals surface area contributed by atoms with Crippen molar-refractivity contribution in [1.82, 2.24) is 5.32 Å². The van der Waals surface area contributed by atoms with Gasteiger partial charge in [0.15, 0.2) is 0 Å². The topological polar surface area (TPSA) is 65.3 Å². The van der Waals surface area contributed by atoms with Gasteiger partial charge in [0.2, 0.25) is 0 Å². The van der Waals surface area contributed by atoms with Gasteiger partial charge in [-0.1, -0.05) is 12.1 Å². The Morgan fingerprint density at radius 3 is 2.79 bits per heavy atom. The zero-order valence-electron chi connectivity index (χ0n) is 11.8. The fourth-order valence-electron chi connectivity index (χ4n) is 1.90. The standard InChI is InChI=1S/C15H22N2O2/c1-12(2)17-15(3,11-16)7-8-19-14-6-4-5-13(9-14)10-18/h4-6,9,12,17-18H,7-8,10H2,1-3H3. The molecule has 0 aliphatic rings. The van der Waals surface area contributed by atoms with E-state index in [1.165, 1.54) is 0 Å². The van der Waals surface area contributed by atoms with Crippen LogP contribution in [0.2, 0.25) is 0 Å². The smallest absolute Gasteiger partial charge is 0.119 e. The van der Waals surface area contributed by atoms with E-state index in [2.05, 4.69) is 11.4 Å². The number of aliphatic hydroxyl groups is 1. The quantitative estimate of drug-likeness (QED) is 0.791. The van der Waals surface area contributed by atoms with Gasteiger partial charge in [-0.2, -0.15) is 5.26 Å². The molecule has 0 fully saturated rings. The van der Waals surface area contributed by atoms with Gasteiger partial charge in [0, 0.05) is 12.5 Å². The van der Waals surface area contributed by atoms with Crippen molar-refractivity contribution in [1.29, 1.82) is 5.26 Å². The van der Waals surface area contributed by atoms with Gasteiger partial charge in [-0.25, -0.2) is 0 Å². The molecule has 0 aliphatic heterocycles. The Kier molecular flexibility index (Phi) is 5.81. The maximum Gasteiger partial charge on any atom is 0.119 e. The Bertz CT molecular complexity index is 440. The lowest BCUT2D eigenvalue weighted by atomic mass is 9.99. The lowest BCUT2D eigenvalue weighted by Gasteiger charge is -2.25. The summed E-state index contributed by atoms with van der Waals surface area (Å²) in [5.74, 6) is 0.719. The van der Waals surface area contributed by atoms with E-state index in [9.17, 15) is 5.26 Å². The largest absolute Gasteiger partial charge is 0.493 e. The first kappa shape index (κ1) is 15.5. The summed E-state index contributed by atoms with van der Waals surface area (Å²) >= 11 is 0. The average molecular weight is 262 g/mol. The third kappa shape index (κ3) is 5.29. The van der Waals surface area contributed by atoms with E-state index in [1.54, 1.807) is 6.07 Å². The molecule has 19 heavy (non-hydrogen) atoms. The molecule has 0 radical (unpaired) electrons. The Balaban J connectivity index is 2.50. The molecule has 0 spiro atoms. The van der Waals surface area contributed by atoms with Crippen LogP contribution in [0.1, 0.15) is 32.8 Å². The average Bonchev–Trinajstić information content (AvgIpc) is 2.38. The number of nitrogens with one attached hydrogen (secondary N) is 1. The number of hydrogen-bond donors (Lipinski definition) is 2. The predicted molar refractivity (Wildman–Crippen MR) is 74.8 cm³/mol. The zero-order chi connectivity index (χ0) is 14.3. The normalized spacial score (nSPS) is 13.9. The van der Waals surface area contributed by atoms with Crippen LogP contribution < -0.4 is 10.1 Å². The minimum absolute atomic E-state index is 0.00200. The maximum atomic E-state index is 9.21. The zero-order valence-corrected chi connectivity index (χ0v) is 11.8. The van der Waals surface area contributed by atoms with Gasteiger partial charge in [-0.3, -0.25) is 5.32 Å². The second-order valence-corrected chi connectivity index (χ2v) is 5.15. The first-order chi connectivity index (χ1) is 8.99. The van der Waals surface area contributed by atoms with Gasteiger partial charge in [-0.05, 0) is 38.5 Å². The van der Waals surface area contributed by atoms with E-state index in [4.69, 9.17) is 9.84 Å². The second kappa shape index (κ2) is 7.13. The van der Waals surface area contributed by atoms with Crippen LogP contribution in [0.25, 0.3) is 0 Å². The molecule has 0 saturated carbocycles. The molecule has 1 atom stereocenters. The van der Waals surface area contributed by atoms with Crippen LogP contribution >= 0.6 is 0 Å². The molecule has 0 heterocycles. The Labute approximate surface area is 115 Å². The molecule has 104 valence electrons. The number of nitrogens with zero attached hydrogens (tertiary/aromatic N) is 1. The van der Waals surface area contributed by atoms with E-state index in [-0.39, 0.29) is 12.6 Å².